The van der Waals surface area contributed by atoms with Gasteiger partial charge in [-0.15, -0.1) is 0 Å². The van der Waals surface area contributed by atoms with E-state index in [2.05, 4.69) is 0 Å². The van der Waals surface area contributed by atoms with E-state index in [1.165, 1.54) is 0 Å². The van der Waals surface area contributed by atoms with Gasteiger partial charge in [0.05, 0.1) is 24.8 Å². The zero-order valence-corrected chi connectivity index (χ0v) is 10.9. The lowest BCUT2D eigenvalue weighted by molar-refractivity contribution is -0.149. The van der Waals surface area contributed by atoms with Gasteiger partial charge in [0, 0.05) is 5.41 Å². The van der Waals surface area contributed by atoms with Crippen LogP contribution >= 0.6 is 0 Å². The van der Waals surface area contributed by atoms with Crippen LogP contribution in [-0.2, 0) is 9.53 Å². The smallest absolute Gasteiger partial charge is 0.329 e. The monoisotopic (exact) mass is 257 g/mol. The maximum absolute atomic E-state index is 12.2. The Morgan fingerprint density at radius 2 is 1.68 bits per heavy atom. The van der Waals surface area contributed by atoms with Crippen molar-refractivity contribution in [2.24, 2.45) is 16.2 Å². The van der Waals surface area contributed by atoms with Crippen molar-refractivity contribution in [3.8, 4) is 18.2 Å². The molecule has 1 unspecified atom stereocenters. The molecule has 2 saturated carbocycles. The summed E-state index contributed by atoms with van der Waals surface area (Å²) in [5.74, 6) is -0.706. The molecule has 2 aliphatic carbocycles. The van der Waals surface area contributed by atoms with Crippen molar-refractivity contribution in [1.82, 2.24) is 0 Å². The molecule has 0 aromatic heterocycles. The van der Waals surface area contributed by atoms with E-state index in [1.807, 2.05) is 18.2 Å². The van der Waals surface area contributed by atoms with Gasteiger partial charge in [0.1, 0.15) is 0 Å². The van der Waals surface area contributed by atoms with Crippen LogP contribution in [0.2, 0.25) is 0 Å². The predicted molar refractivity (Wildman–Crippen MR) is 63.9 cm³/mol. The third-order valence-corrected chi connectivity index (χ3v) is 4.73. The van der Waals surface area contributed by atoms with Gasteiger partial charge < -0.3 is 4.74 Å². The van der Waals surface area contributed by atoms with Crippen molar-refractivity contribution in [3.05, 3.63) is 0 Å². The van der Waals surface area contributed by atoms with Gasteiger partial charge in [-0.1, -0.05) is 19.3 Å². The van der Waals surface area contributed by atoms with Gasteiger partial charge in [0.25, 0.3) is 0 Å². The summed E-state index contributed by atoms with van der Waals surface area (Å²) < 4.78 is 4.98. The molecule has 0 bridgehead atoms. The lowest BCUT2D eigenvalue weighted by Crippen LogP contribution is -2.27. The number of esters is 1. The molecule has 0 radical (unpaired) electrons. The second-order valence-corrected chi connectivity index (χ2v) is 5.20. The molecule has 0 saturated heterocycles. The van der Waals surface area contributed by atoms with Crippen LogP contribution in [0.4, 0.5) is 0 Å². The summed E-state index contributed by atoms with van der Waals surface area (Å²) in [5, 5.41) is 28.4. The molecule has 19 heavy (non-hydrogen) atoms. The average Bonchev–Trinajstić information content (AvgIpc) is 2.95. The SMILES string of the molecule is CCOC(=O)C1(C#N)C(C#N)(C#N)C12CCCCC2. The van der Waals surface area contributed by atoms with Crippen molar-refractivity contribution < 1.29 is 9.53 Å². The number of nitrogens with zero attached hydrogens (tertiary/aromatic N) is 3. The molecule has 0 amide bonds. The van der Waals surface area contributed by atoms with Gasteiger partial charge >= 0.3 is 5.97 Å². The Labute approximate surface area is 112 Å². The average molecular weight is 257 g/mol. The van der Waals surface area contributed by atoms with Crippen molar-refractivity contribution in [2.45, 2.75) is 39.0 Å². The Morgan fingerprint density at radius 3 is 2.11 bits per heavy atom. The molecule has 5 heteroatoms. The Hall–Kier alpha value is -2.06. The van der Waals surface area contributed by atoms with Crippen molar-refractivity contribution in [1.29, 1.82) is 15.8 Å². The van der Waals surface area contributed by atoms with Crippen molar-refractivity contribution in [3.63, 3.8) is 0 Å². The lowest BCUT2D eigenvalue weighted by atomic mass is 9.78. The van der Waals surface area contributed by atoms with Crippen LogP contribution in [0.5, 0.6) is 0 Å². The van der Waals surface area contributed by atoms with E-state index in [0.717, 1.165) is 19.3 Å². The Bertz CT molecular complexity index is 514. The Morgan fingerprint density at radius 1 is 1.11 bits per heavy atom. The summed E-state index contributed by atoms with van der Waals surface area (Å²) in [6.45, 7) is 1.80. The largest absolute Gasteiger partial charge is 0.465 e. The van der Waals surface area contributed by atoms with E-state index < -0.39 is 22.2 Å². The van der Waals surface area contributed by atoms with E-state index >= 15 is 0 Å². The van der Waals surface area contributed by atoms with E-state index in [-0.39, 0.29) is 6.61 Å². The molecular formula is C14H15N3O2. The van der Waals surface area contributed by atoms with Gasteiger partial charge in [-0.3, -0.25) is 4.79 Å². The fraction of sp³-hybridized carbons (Fsp3) is 0.714. The molecule has 98 valence electrons. The summed E-state index contributed by atoms with van der Waals surface area (Å²) in [5.41, 5.74) is -3.97. The Balaban J connectivity index is 2.55. The summed E-state index contributed by atoms with van der Waals surface area (Å²) in [7, 11) is 0. The second kappa shape index (κ2) is 4.25. The first-order chi connectivity index (χ1) is 9.12. The minimum atomic E-state index is -1.60. The molecule has 1 spiro atoms. The number of rotatable bonds is 2. The molecule has 0 N–H and O–H groups in total. The number of nitriles is 3. The topological polar surface area (TPSA) is 97.7 Å². The highest BCUT2D eigenvalue weighted by molar-refractivity contribution is 5.91. The third-order valence-electron chi connectivity index (χ3n) is 4.73. The number of hydrogen-bond acceptors (Lipinski definition) is 5. The van der Waals surface area contributed by atoms with Crippen LogP contribution in [0.25, 0.3) is 0 Å². The summed E-state index contributed by atoms with van der Waals surface area (Å²) in [6, 6.07) is 5.89. The van der Waals surface area contributed by atoms with Gasteiger partial charge in [0.15, 0.2) is 10.8 Å². The molecule has 1 atom stereocenters. The normalized spacial score (nSPS) is 29.6. The molecule has 5 nitrogen and oxygen atoms in total. The zero-order chi connectivity index (χ0) is 14.1. The molecule has 0 aromatic rings. The lowest BCUT2D eigenvalue weighted by Gasteiger charge is -2.23. The summed E-state index contributed by atoms with van der Waals surface area (Å²) >= 11 is 0. The van der Waals surface area contributed by atoms with Crippen LogP contribution in [0, 0.1) is 50.2 Å². The number of carbonyl (C=O) groups excluding carboxylic acids is 1. The number of carbonyl (C=O) groups is 1. The van der Waals surface area contributed by atoms with Crippen LogP contribution < -0.4 is 0 Å². The highest BCUT2D eigenvalue weighted by Crippen LogP contribution is 2.82. The van der Waals surface area contributed by atoms with Gasteiger partial charge in [-0.25, -0.2) is 0 Å². The molecule has 0 aromatic carbocycles. The van der Waals surface area contributed by atoms with Crippen LogP contribution in [0.3, 0.4) is 0 Å². The van der Waals surface area contributed by atoms with Gasteiger partial charge in [-0.05, 0) is 19.8 Å². The first kappa shape index (κ1) is 13.4. The molecular weight excluding hydrogens is 242 g/mol. The maximum atomic E-state index is 12.2. The Kier molecular flexibility index (Phi) is 2.99. The van der Waals surface area contributed by atoms with E-state index in [1.54, 1.807) is 6.92 Å². The summed E-state index contributed by atoms with van der Waals surface area (Å²) in [6.07, 6.45) is 3.84. The summed E-state index contributed by atoms with van der Waals surface area (Å²) in [4.78, 5) is 12.2. The van der Waals surface area contributed by atoms with E-state index in [4.69, 9.17) is 4.74 Å². The van der Waals surface area contributed by atoms with Gasteiger partial charge in [0.2, 0.25) is 0 Å². The fourth-order valence-electron chi connectivity index (χ4n) is 3.83. The van der Waals surface area contributed by atoms with Crippen LogP contribution in [-0.4, -0.2) is 12.6 Å². The first-order valence-corrected chi connectivity index (χ1v) is 6.53. The fourth-order valence-corrected chi connectivity index (χ4v) is 3.83. The number of hydrogen-bond donors (Lipinski definition) is 0. The molecule has 2 fully saturated rings. The quantitative estimate of drug-likeness (QED) is 0.705. The second-order valence-electron chi connectivity index (χ2n) is 5.20. The van der Waals surface area contributed by atoms with Crippen LogP contribution in [0.15, 0.2) is 0 Å². The van der Waals surface area contributed by atoms with Crippen molar-refractivity contribution >= 4 is 5.97 Å². The highest BCUT2D eigenvalue weighted by Gasteiger charge is 2.93. The molecule has 0 heterocycles. The van der Waals surface area contributed by atoms with E-state index in [9.17, 15) is 20.6 Å². The third kappa shape index (κ3) is 1.19. The minimum Gasteiger partial charge on any atom is -0.465 e. The number of ether oxygens (including phenoxy) is 1. The van der Waals surface area contributed by atoms with Gasteiger partial charge in [-0.2, -0.15) is 15.8 Å². The predicted octanol–water partition coefficient (Wildman–Crippen LogP) is 2.06. The molecule has 0 aliphatic heterocycles. The molecule has 2 aliphatic rings. The van der Waals surface area contributed by atoms with Crippen molar-refractivity contribution in [2.75, 3.05) is 6.61 Å². The standard InChI is InChI=1S/C14H15N3O2/c1-2-19-11(18)14(10-17)12(6-4-3-5-7-12)13(14,8-15)9-16/h2-7H2,1H3. The van der Waals surface area contributed by atoms with Crippen LogP contribution in [0.1, 0.15) is 39.0 Å². The first-order valence-electron chi connectivity index (χ1n) is 6.53. The maximum Gasteiger partial charge on any atom is 0.329 e. The minimum absolute atomic E-state index is 0.144. The highest BCUT2D eigenvalue weighted by atomic mass is 16.5. The zero-order valence-electron chi connectivity index (χ0n) is 10.9. The molecule has 2 rings (SSSR count). The van der Waals surface area contributed by atoms with E-state index in [0.29, 0.717) is 12.8 Å².